The molecule has 10 heavy (non-hydrogen) atoms. The van der Waals surface area contributed by atoms with Crippen molar-refractivity contribution in [2.45, 2.75) is 32.1 Å². The Hall–Kier alpha value is 0.470. The number of aliphatic carboxylic acids is 1. The molecule has 0 amide bonds. The summed E-state index contributed by atoms with van der Waals surface area (Å²) in [5.74, 6) is -0.631. The summed E-state index contributed by atoms with van der Waals surface area (Å²) < 4.78 is 0. The Morgan fingerprint density at radius 2 is 1.80 bits per heavy atom. The summed E-state index contributed by atoms with van der Waals surface area (Å²) in [7, 11) is 0. The average Bonchev–Trinajstić information content (AvgIpc) is 1.90. The number of hydrogen-bond donors (Lipinski definition) is 1. The molecule has 0 heterocycles. The van der Waals surface area contributed by atoms with Gasteiger partial charge in [0.05, 0.1) is 5.92 Å². The van der Waals surface area contributed by atoms with Gasteiger partial charge in [-0.05, 0) is 12.8 Å². The van der Waals surface area contributed by atoms with Crippen LogP contribution in [0.4, 0.5) is 0 Å². The van der Waals surface area contributed by atoms with Gasteiger partial charge in [0.25, 0.3) is 0 Å². The molecule has 0 aromatic heterocycles. The summed E-state index contributed by atoms with van der Waals surface area (Å²) in [6, 6.07) is 0. The van der Waals surface area contributed by atoms with Gasteiger partial charge in [-0.3, -0.25) is 4.79 Å². The molecule has 0 bridgehead atoms. The van der Waals surface area contributed by atoms with Crippen molar-refractivity contribution in [1.82, 2.24) is 0 Å². The molecular weight excluding hydrogens is 139 g/mol. The SMILES string of the molecule is O=C(O)C1CCCCC1.[H-].[Na+]. The normalized spacial score (nSPS) is 19.6. The second kappa shape index (κ2) is 5.16. The zero-order chi connectivity index (χ0) is 6.69. The molecule has 54 valence electrons. The maximum absolute atomic E-state index is 10.4. The second-order valence-electron chi connectivity index (χ2n) is 2.67. The Morgan fingerprint density at radius 1 is 1.30 bits per heavy atom. The molecule has 0 saturated heterocycles. The minimum absolute atomic E-state index is 0. The van der Waals surface area contributed by atoms with Gasteiger partial charge in [-0.25, -0.2) is 0 Å². The van der Waals surface area contributed by atoms with E-state index in [1.54, 1.807) is 0 Å². The number of rotatable bonds is 1. The molecule has 1 fully saturated rings. The molecule has 1 aliphatic rings. The van der Waals surface area contributed by atoms with Crippen molar-refractivity contribution in [2.24, 2.45) is 5.92 Å². The molecule has 0 aromatic carbocycles. The molecule has 0 aliphatic heterocycles. The Balaban J connectivity index is 0. The Bertz CT molecular complexity index is 113. The molecule has 0 unspecified atom stereocenters. The number of carbonyl (C=O) groups is 1. The maximum Gasteiger partial charge on any atom is 1.00 e. The van der Waals surface area contributed by atoms with Crippen LogP contribution in [0.1, 0.15) is 33.5 Å². The van der Waals surface area contributed by atoms with Crippen molar-refractivity contribution < 1.29 is 40.9 Å². The summed E-state index contributed by atoms with van der Waals surface area (Å²) in [6.45, 7) is 0. The monoisotopic (exact) mass is 152 g/mol. The van der Waals surface area contributed by atoms with E-state index >= 15 is 0 Å². The summed E-state index contributed by atoms with van der Waals surface area (Å²) in [6.07, 6.45) is 5.24. The van der Waals surface area contributed by atoms with E-state index in [2.05, 4.69) is 0 Å². The van der Waals surface area contributed by atoms with Gasteiger partial charge in [0.1, 0.15) is 0 Å². The molecule has 3 heteroatoms. The summed E-state index contributed by atoms with van der Waals surface area (Å²) >= 11 is 0. The van der Waals surface area contributed by atoms with Crippen molar-refractivity contribution >= 4 is 5.97 Å². The maximum atomic E-state index is 10.4. The fourth-order valence-electron chi connectivity index (χ4n) is 1.35. The van der Waals surface area contributed by atoms with Gasteiger partial charge in [-0.15, -0.1) is 0 Å². The summed E-state index contributed by atoms with van der Waals surface area (Å²) in [5, 5.41) is 8.54. The molecule has 2 nitrogen and oxygen atoms in total. The van der Waals surface area contributed by atoms with E-state index in [0.717, 1.165) is 25.7 Å². The van der Waals surface area contributed by atoms with E-state index in [1.165, 1.54) is 6.42 Å². The van der Waals surface area contributed by atoms with Crippen LogP contribution in [-0.2, 0) is 4.79 Å². The quantitative estimate of drug-likeness (QED) is 0.478. The zero-order valence-electron chi connectivity index (χ0n) is 7.47. The molecule has 0 spiro atoms. The van der Waals surface area contributed by atoms with E-state index in [0.29, 0.717) is 0 Å². The van der Waals surface area contributed by atoms with Crippen LogP contribution in [0.25, 0.3) is 0 Å². The van der Waals surface area contributed by atoms with E-state index in [-0.39, 0.29) is 36.9 Å². The Morgan fingerprint density at radius 3 is 2.10 bits per heavy atom. The summed E-state index contributed by atoms with van der Waals surface area (Å²) in [5.41, 5.74) is 0. The third-order valence-corrected chi connectivity index (χ3v) is 1.95. The van der Waals surface area contributed by atoms with Crippen molar-refractivity contribution in [3.05, 3.63) is 0 Å². The van der Waals surface area contributed by atoms with Crippen molar-refractivity contribution in [2.75, 3.05) is 0 Å². The molecule has 1 saturated carbocycles. The number of carboxylic acid groups (broad SMARTS) is 1. The van der Waals surface area contributed by atoms with Crippen LogP contribution in [0, 0.1) is 5.92 Å². The van der Waals surface area contributed by atoms with Crippen LogP contribution >= 0.6 is 0 Å². The van der Waals surface area contributed by atoms with E-state index in [9.17, 15) is 4.79 Å². The van der Waals surface area contributed by atoms with Gasteiger partial charge in [0, 0.05) is 0 Å². The van der Waals surface area contributed by atoms with Crippen LogP contribution < -0.4 is 29.6 Å². The number of hydrogen-bond acceptors (Lipinski definition) is 1. The van der Waals surface area contributed by atoms with Crippen LogP contribution in [0.2, 0.25) is 0 Å². The molecule has 1 N–H and O–H groups in total. The largest absolute Gasteiger partial charge is 1.00 e. The van der Waals surface area contributed by atoms with Crippen molar-refractivity contribution in [3.8, 4) is 0 Å². The van der Waals surface area contributed by atoms with Crippen LogP contribution in [0.5, 0.6) is 0 Å². The molecule has 0 radical (unpaired) electrons. The smallest absolute Gasteiger partial charge is 1.00 e. The third kappa shape index (κ3) is 3.04. The van der Waals surface area contributed by atoms with Gasteiger partial charge in [-0.2, -0.15) is 0 Å². The van der Waals surface area contributed by atoms with Gasteiger partial charge in [0.2, 0.25) is 0 Å². The first kappa shape index (κ1) is 10.5. The first-order chi connectivity index (χ1) is 4.30. The van der Waals surface area contributed by atoms with Gasteiger partial charge < -0.3 is 6.53 Å². The van der Waals surface area contributed by atoms with E-state index < -0.39 is 5.97 Å². The Labute approximate surface area is 84.8 Å². The second-order valence-corrected chi connectivity index (χ2v) is 2.67. The molecule has 1 aliphatic carbocycles. The van der Waals surface area contributed by atoms with E-state index in [1.807, 2.05) is 0 Å². The van der Waals surface area contributed by atoms with Crippen LogP contribution in [0.15, 0.2) is 0 Å². The van der Waals surface area contributed by atoms with Gasteiger partial charge in [-0.1, -0.05) is 19.3 Å². The van der Waals surface area contributed by atoms with Gasteiger partial charge >= 0.3 is 35.5 Å². The standard InChI is InChI=1S/C7H12O2.Na.H/c8-7(9)6-4-2-1-3-5-6;;/h6H,1-5H2,(H,8,9);;/q;+1;-1. The zero-order valence-corrected chi connectivity index (χ0v) is 8.47. The van der Waals surface area contributed by atoms with Crippen LogP contribution in [-0.4, -0.2) is 11.1 Å². The predicted molar refractivity (Wildman–Crippen MR) is 35.3 cm³/mol. The fourth-order valence-corrected chi connectivity index (χ4v) is 1.35. The Kier molecular flexibility index (Phi) is 5.41. The van der Waals surface area contributed by atoms with Crippen molar-refractivity contribution in [3.63, 3.8) is 0 Å². The minimum Gasteiger partial charge on any atom is -1.00 e. The molecule has 0 atom stereocenters. The topological polar surface area (TPSA) is 37.3 Å². The minimum atomic E-state index is -0.602. The van der Waals surface area contributed by atoms with Crippen LogP contribution in [0.3, 0.4) is 0 Å². The molecular formula is C7H13NaO2. The average molecular weight is 152 g/mol. The van der Waals surface area contributed by atoms with Gasteiger partial charge in [0.15, 0.2) is 0 Å². The fraction of sp³-hybridized carbons (Fsp3) is 0.857. The van der Waals surface area contributed by atoms with Crippen molar-refractivity contribution in [1.29, 1.82) is 0 Å². The first-order valence-electron chi connectivity index (χ1n) is 3.53. The number of carboxylic acids is 1. The third-order valence-electron chi connectivity index (χ3n) is 1.95. The predicted octanol–water partition coefficient (Wildman–Crippen LogP) is -1.23. The molecule has 1 rings (SSSR count). The first-order valence-corrected chi connectivity index (χ1v) is 3.53. The van der Waals surface area contributed by atoms with E-state index in [4.69, 9.17) is 5.11 Å². The molecule has 0 aromatic rings. The summed E-state index contributed by atoms with van der Waals surface area (Å²) in [4.78, 5) is 10.4.